The molecule has 2 rings (SSSR count). The zero-order chi connectivity index (χ0) is 10.7. The molecule has 0 radical (unpaired) electrons. The van der Waals surface area contributed by atoms with Crippen LogP contribution in [0.15, 0.2) is 0 Å². The lowest BCUT2D eigenvalue weighted by molar-refractivity contribution is -0.120. The van der Waals surface area contributed by atoms with Crippen LogP contribution in [-0.2, 0) is 4.79 Å². The molecule has 3 N–H and O–H groups in total. The van der Waals surface area contributed by atoms with Crippen LogP contribution in [0, 0.1) is 5.41 Å². The number of nitrogens with zero attached hydrogens (tertiary/aromatic N) is 1. The van der Waals surface area contributed by atoms with Gasteiger partial charge in [0.15, 0.2) is 0 Å². The molecule has 1 aliphatic carbocycles. The largest absolute Gasteiger partial charge is 0.355 e. The SMILES string of the molecule is NCCC1(CN2CCNC(=O)CC2)CC1. The van der Waals surface area contributed by atoms with Crippen molar-refractivity contribution in [2.75, 3.05) is 32.7 Å². The molecule has 1 amide bonds. The molecule has 0 atom stereocenters. The van der Waals surface area contributed by atoms with Crippen LogP contribution in [-0.4, -0.2) is 43.5 Å². The maximum atomic E-state index is 11.2. The highest BCUT2D eigenvalue weighted by Crippen LogP contribution is 2.48. The summed E-state index contributed by atoms with van der Waals surface area (Å²) in [5.74, 6) is 0.196. The monoisotopic (exact) mass is 211 g/mol. The molecule has 2 fully saturated rings. The fourth-order valence-corrected chi connectivity index (χ4v) is 2.42. The number of hydrogen-bond donors (Lipinski definition) is 2. The number of nitrogens with one attached hydrogen (secondary N) is 1. The summed E-state index contributed by atoms with van der Waals surface area (Å²) in [6, 6.07) is 0. The van der Waals surface area contributed by atoms with Gasteiger partial charge in [0.1, 0.15) is 0 Å². The molecule has 0 spiro atoms. The summed E-state index contributed by atoms with van der Waals surface area (Å²) in [5.41, 5.74) is 6.13. The summed E-state index contributed by atoms with van der Waals surface area (Å²) in [7, 11) is 0. The number of carbonyl (C=O) groups is 1. The Morgan fingerprint density at radius 1 is 1.40 bits per heavy atom. The predicted octanol–water partition coefficient (Wildman–Crippen LogP) is -0.0627. The van der Waals surface area contributed by atoms with Crippen molar-refractivity contribution in [3.05, 3.63) is 0 Å². The number of amides is 1. The van der Waals surface area contributed by atoms with E-state index in [1.54, 1.807) is 0 Å². The van der Waals surface area contributed by atoms with Gasteiger partial charge in [-0.2, -0.15) is 0 Å². The normalized spacial score (nSPS) is 25.8. The van der Waals surface area contributed by atoms with E-state index in [-0.39, 0.29) is 5.91 Å². The van der Waals surface area contributed by atoms with Crippen LogP contribution in [0.3, 0.4) is 0 Å². The minimum absolute atomic E-state index is 0.196. The Morgan fingerprint density at radius 2 is 2.20 bits per heavy atom. The molecule has 15 heavy (non-hydrogen) atoms. The molecule has 1 aliphatic heterocycles. The van der Waals surface area contributed by atoms with Gasteiger partial charge in [-0.25, -0.2) is 0 Å². The second-order valence-electron chi connectivity index (χ2n) is 4.91. The Morgan fingerprint density at radius 3 is 2.87 bits per heavy atom. The van der Waals surface area contributed by atoms with Crippen molar-refractivity contribution in [2.45, 2.75) is 25.7 Å². The molecule has 1 heterocycles. The molecule has 0 unspecified atom stereocenters. The van der Waals surface area contributed by atoms with Gasteiger partial charge in [-0.3, -0.25) is 4.79 Å². The van der Waals surface area contributed by atoms with Crippen molar-refractivity contribution in [1.29, 1.82) is 0 Å². The van der Waals surface area contributed by atoms with Crippen LogP contribution in [0.4, 0.5) is 0 Å². The van der Waals surface area contributed by atoms with Gasteiger partial charge in [0.2, 0.25) is 5.91 Å². The van der Waals surface area contributed by atoms with Gasteiger partial charge in [-0.05, 0) is 31.2 Å². The Hall–Kier alpha value is -0.610. The third-order valence-corrected chi connectivity index (χ3v) is 3.60. The molecule has 86 valence electrons. The smallest absolute Gasteiger partial charge is 0.221 e. The Balaban J connectivity index is 1.81. The number of nitrogens with two attached hydrogens (primary N) is 1. The molecule has 0 aromatic rings. The van der Waals surface area contributed by atoms with Crippen molar-refractivity contribution in [3.63, 3.8) is 0 Å². The Bertz CT molecular complexity index is 238. The van der Waals surface area contributed by atoms with Gasteiger partial charge >= 0.3 is 0 Å². The first kappa shape index (κ1) is 10.9. The zero-order valence-corrected chi connectivity index (χ0v) is 9.30. The topological polar surface area (TPSA) is 58.4 Å². The average molecular weight is 211 g/mol. The zero-order valence-electron chi connectivity index (χ0n) is 9.30. The van der Waals surface area contributed by atoms with Crippen LogP contribution in [0.25, 0.3) is 0 Å². The van der Waals surface area contributed by atoms with Crippen LogP contribution in [0.1, 0.15) is 25.7 Å². The van der Waals surface area contributed by atoms with Crippen LogP contribution >= 0.6 is 0 Å². The number of rotatable bonds is 4. The highest BCUT2D eigenvalue weighted by molar-refractivity contribution is 5.76. The van der Waals surface area contributed by atoms with Gasteiger partial charge < -0.3 is 16.0 Å². The van der Waals surface area contributed by atoms with Gasteiger partial charge in [-0.1, -0.05) is 0 Å². The molecule has 0 aromatic heterocycles. The van der Waals surface area contributed by atoms with E-state index < -0.39 is 0 Å². The first-order chi connectivity index (χ1) is 7.24. The minimum atomic E-state index is 0.196. The molecule has 4 heteroatoms. The van der Waals surface area contributed by atoms with Crippen LogP contribution in [0.5, 0.6) is 0 Å². The summed E-state index contributed by atoms with van der Waals surface area (Å²) in [5, 5.41) is 2.91. The molecule has 2 aliphatic rings. The fraction of sp³-hybridized carbons (Fsp3) is 0.909. The van der Waals surface area contributed by atoms with Crippen molar-refractivity contribution in [3.8, 4) is 0 Å². The average Bonchev–Trinajstić information content (AvgIpc) is 2.96. The van der Waals surface area contributed by atoms with E-state index in [1.807, 2.05) is 0 Å². The summed E-state index contributed by atoms with van der Waals surface area (Å²) in [4.78, 5) is 13.6. The van der Waals surface area contributed by atoms with Crippen molar-refractivity contribution in [2.24, 2.45) is 11.1 Å². The quantitative estimate of drug-likeness (QED) is 0.685. The third kappa shape index (κ3) is 2.92. The van der Waals surface area contributed by atoms with Crippen molar-refractivity contribution < 1.29 is 4.79 Å². The van der Waals surface area contributed by atoms with Crippen LogP contribution < -0.4 is 11.1 Å². The van der Waals surface area contributed by atoms with E-state index in [0.29, 0.717) is 11.8 Å². The second-order valence-corrected chi connectivity index (χ2v) is 4.91. The van der Waals surface area contributed by atoms with E-state index in [9.17, 15) is 4.79 Å². The standard InChI is InChI=1S/C11H21N3O/c12-5-4-11(2-3-11)9-14-7-1-10(15)13-6-8-14/h1-9,12H2,(H,13,15). The molecular weight excluding hydrogens is 190 g/mol. The van der Waals surface area contributed by atoms with Gasteiger partial charge in [0.05, 0.1) is 0 Å². The Kier molecular flexibility index (Phi) is 3.26. The predicted molar refractivity (Wildman–Crippen MR) is 59.4 cm³/mol. The van der Waals surface area contributed by atoms with E-state index in [0.717, 1.165) is 39.1 Å². The molecule has 4 nitrogen and oxygen atoms in total. The third-order valence-electron chi connectivity index (χ3n) is 3.60. The summed E-state index contributed by atoms with van der Waals surface area (Å²) < 4.78 is 0. The number of hydrogen-bond acceptors (Lipinski definition) is 3. The van der Waals surface area contributed by atoms with E-state index >= 15 is 0 Å². The van der Waals surface area contributed by atoms with Crippen molar-refractivity contribution in [1.82, 2.24) is 10.2 Å². The summed E-state index contributed by atoms with van der Waals surface area (Å²) >= 11 is 0. The lowest BCUT2D eigenvalue weighted by Crippen LogP contribution is -2.34. The molecular formula is C11H21N3O. The Labute approximate surface area is 91.2 Å². The van der Waals surface area contributed by atoms with E-state index in [4.69, 9.17) is 5.73 Å². The molecule has 0 aromatic carbocycles. The van der Waals surface area contributed by atoms with Gasteiger partial charge in [0.25, 0.3) is 0 Å². The fourth-order valence-electron chi connectivity index (χ4n) is 2.42. The highest BCUT2D eigenvalue weighted by Gasteiger charge is 2.42. The molecule has 1 saturated heterocycles. The lowest BCUT2D eigenvalue weighted by Gasteiger charge is -2.25. The maximum Gasteiger partial charge on any atom is 0.221 e. The number of carbonyl (C=O) groups excluding carboxylic acids is 1. The van der Waals surface area contributed by atoms with Gasteiger partial charge in [-0.15, -0.1) is 0 Å². The molecule has 0 bridgehead atoms. The second kappa shape index (κ2) is 4.49. The van der Waals surface area contributed by atoms with Gasteiger partial charge in [0, 0.05) is 32.6 Å². The minimum Gasteiger partial charge on any atom is -0.355 e. The molecule has 1 saturated carbocycles. The summed E-state index contributed by atoms with van der Waals surface area (Å²) in [6.07, 6.45) is 4.44. The lowest BCUT2D eigenvalue weighted by atomic mass is 10.0. The maximum absolute atomic E-state index is 11.2. The summed E-state index contributed by atoms with van der Waals surface area (Å²) in [6.45, 7) is 4.65. The first-order valence-corrected chi connectivity index (χ1v) is 5.93. The van der Waals surface area contributed by atoms with E-state index in [2.05, 4.69) is 10.2 Å². The van der Waals surface area contributed by atoms with Crippen molar-refractivity contribution >= 4 is 5.91 Å². The van der Waals surface area contributed by atoms with E-state index in [1.165, 1.54) is 12.8 Å². The first-order valence-electron chi connectivity index (χ1n) is 5.93. The highest BCUT2D eigenvalue weighted by atomic mass is 16.1. The van der Waals surface area contributed by atoms with Crippen LogP contribution in [0.2, 0.25) is 0 Å².